The Morgan fingerprint density at radius 3 is 1.42 bits per heavy atom. The Bertz CT molecular complexity index is 357. The Kier molecular flexibility index (Phi) is 33.0. The van der Waals surface area contributed by atoms with Crippen LogP contribution in [0.3, 0.4) is 0 Å². The van der Waals surface area contributed by atoms with Crippen LogP contribution in [-0.2, 0) is 26.9 Å². The van der Waals surface area contributed by atoms with Gasteiger partial charge in [0.25, 0.3) is 15.6 Å². The fraction of sp³-hybridized carbons (Fsp3) is 1.00. The second-order valence-corrected chi connectivity index (χ2v) is 5.97. The minimum absolute atomic E-state index is 0. The molecule has 0 aromatic rings. The molecule has 0 rings (SSSR count). The first kappa shape index (κ1) is 36.8. The van der Waals surface area contributed by atoms with Gasteiger partial charge >= 0.3 is 206 Å². The first-order valence-corrected chi connectivity index (χ1v) is 7.28. The van der Waals surface area contributed by atoms with Crippen molar-refractivity contribution in [3.63, 3.8) is 0 Å². The molecule has 0 aliphatic rings. The molecule has 0 saturated heterocycles. The molecule has 0 amide bonds. The number of hydroxylamine groups is 1. The maximum Gasteiger partial charge on any atom is 1.00 e. The molecule has 0 fully saturated rings. The molecule has 0 radical (unpaired) electrons. The summed E-state index contributed by atoms with van der Waals surface area (Å²) >= 11 is 0. The summed E-state index contributed by atoms with van der Waals surface area (Å²) in [7, 11) is -16.2. The van der Waals surface area contributed by atoms with Gasteiger partial charge in [0.05, 0.1) is 7.82 Å². The van der Waals surface area contributed by atoms with Crippen molar-refractivity contribution < 1.29 is 252 Å². The predicted molar refractivity (Wildman–Crippen MR) is 35.1 cm³/mol. The summed E-state index contributed by atoms with van der Waals surface area (Å²) in [6.45, 7) is 0. The van der Waals surface area contributed by atoms with Crippen LogP contribution in [0.2, 0.25) is 0 Å². The summed E-state index contributed by atoms with van der Waals surface area (Å²) in [5.74, 6) is 0. The zero-order valence-corrected chi connectivity index (χ0v) is 26.1. The van der Waals surface area contributed by atoms with E-state index in [2.05, 4.69) is 13.2 Å². The molecule has 2 atom stereocenters. The van der Waals surface area contributed by atoms with Crippen LogP contribution in [-0.4, -0.2) is 7.05 Å². The van der Waals surface area contributed by atoms with Crippen LogP contribution in [0.5, 0.6) is 0 Å². The minimum Gasteiger partial charge on any atom is -0.790 e. The van der Waals surface area contributed by atoms with E-state index in [4.69, 9.17) is 0 Å². The summed E-state index contributed by atoms with van der Waals surface area (Å²) in [6.07, 6.45) is 0. The number of hydrogen-bond donors (Lipinski definition) is 1. The van der Waals surface area contributed by atoms with Gasteiger partial charge in [-0.05, 0) is 0 Å². The second-order valence-electron chi connectivity index (χ2n) is 1.80. The smallest absolute Gasteiger partial charge is 0.790 e. The van der Waals surface area contributed by atoms with Gasteiger partial charge in [-0.3, -0.25) is 13.4 Å². The van der Waals surface area contributed by atoms with E-state index in [9.17, 15) is 33.3 Å². The van der Waals surface area contributed by atoms with Crippen LogP contribution in [0.4, 0.5) is 0 Å². The quantitative estimate of drug-likeness (QED) is 0.235. The van der Waals surface area contributed by atoms with Crippen molar-refractivity contribution in [1.82, 2.24) is 5.48 Å². The third kappa shape index (κ3) is 24.9. The maximum atomic E-state index is 10.5. The van der Waals surface area contributed by atoms with Crippen LogP contribution in [0.25, 0.3) is 0 Å². The zero-order valence-electron chi connectivity index (χ0n) is 10.9. The summed E-state index contributed by atoms with van der Waals surface area (Å²) in [5.41, 5.74) is 1.55. The molecular formula is CH4K4NO10P3. The topological polar surface area (TPSA) is 183 Å². The number of phosphoric acid groups is 3. The SMILES string of the molecule is CNOP(=O)([O-])OP(=O)([O-])OP(=O)([O-])[O-].[K+].[K+].[K+].[K+]. The standard InChI is InChI=1S/CH8NO10P3.4K/c1-2-10-14(6,7)12-15(8,9)11-13(3,4)5;;;;/h2H,1H3,(H,6,7)(H,8,9)(H2,3,4,5);;;;/q;4*+1/p-4. The molecule has 0 aromatic carbocycles. The normalized spacial score (nSPS) is 16.3. The van der Waals surface area contributed by atoms with E-state index >= 15 is 0 Å². The Hall–Kier alpha value is 6.92. The molecule has 0 aromatic heterocycles. The number of hydrogen-bond acceptors (Lipinski definition) is 11. The van der Waals surface area contributed by atoms with E-state index in [0.717, 1.165) is 7.05 Å². The van der Waals surface area contributed by atoms with Gasteiger partial charge < -0.3 is 24.1 Å². The van der Waals surface area contributed by atoms with Gasteiger partial charge in [0.15, 0.2) is 0 Å². The van der Waals surface area contributed by atoms with E-state index in [1.807, 2.05) is 0 Å². The van der Waals surface area contributed by atoms with Crippen molar-refractivity contribution >= 4 is 23.5 Å². The summed E-state index contributed by atoms with van der Waals surface area (Å²) in [5, 5.41) is 0. The molecule has 0 aliphatic carbocycles. The first-order chi connectivity index (χ1) is 6.47. The molecule has 0 spiro atoms. The Labute approximate surface area is 279 Å². The van der Waals surface area contributed by atoms with Crippen molar-refractivity contribution in [2.45, 2.75) is 0 Å². The summed E-state index contributed by atoms with van der Waals surface area (Å²) < 4.78 is 40.4. The summed E-state index contributed by atoms with van der Waals surface area (Å²) in [4.78, 5) is 40.7. The monoisotopic (exact) mass is 439 g/mol. The van der Waals surface area contributed by atoms with Crippen LogP contribution in [0, 0.1) is 0 Å². The molecule has 0 saturated carbocycles. The molecule has 0 heterocycles. The molecule has 2 unspecified atom stereocenters. The third-order valence-corrected chi connectivity index (χ3v) is 4.21. The molecular weight excluding hydrogens is 435 g/mol. The van der Waals surface area contributed by atoms with Gasteiger partial charge in [0.2, 0.25) is 0 Å². The molecule has 0 bridgehead atoms. The molecule has 92 valence electrons. The first-order valence-electron chi connectivity index (χ1n) is 2.90. The maximum absolute atomic E-state index is 10.5. The van der Waals surface area contributed by atoms with Gasteiger partial charge in [-0.2, -0.15) is 5.48 Å². The number of rotatable bonds is 6. The van der Waals surface area contributed by atoms with E-state index in [1.165, 1.54) is 0 Å². The van der Waals surface area contributed by atoms with E-state index in [1.54, 1.807) is 5.48 Å². The van der Waals surface area contributed by atoms with E-state index in [0.29, 0.717) is 0 Å². The molecule has 11 nitrogen and oxygen atoms in total. The molecule has 0 aliphatic heterocycles. The number of nitrogens with one attached hydrogen (secondary N) is 1. The molecule has 1 N–H and O–H groups in total. The van der Waals surface area contributed by atoms with E-state index in [-0.39, 0.29) is 206 Å². The molecule has 18 heteroatoms. The van der Waals surface area contributed by atoms with Crippen LogP contribution in [0.15, 0.2) is 0 Å². The molecule has 19 heavy (non-hydrogen) atoms. The van der Waals surface area contributed by atoms with Crippen LogP contribution >= 0.6 is 23.5 Å². The Morgan fingerprint density at radius 1 is 0.789 bits per heavy atom. The van der Waals surface area contributed by atoms with Gasteiger partial charge in [-0.1, -0.05) is 0 Å². The van der Waals surface area contributed by atoms with Crippen LogP contribution in [0.1, 0.15) is 0 Å². The van der Waals surface area contributed by atoms with Crippen molar-refractivity contribution in [1.29, 1.82) is 0 Å². The fourth-order valence-corrected chi connectivity index (χ4v) is 3.09. The fourth-order valence-electron chi connectivity index (χ4n) is 0.388. The van der Waals surface area contributed by atoms with Crippen molar-refractivity contribution in [3.8, 4) is 0 Å². The third-order valence-electron chi connectivity index (χ3n) is 0.603. The Balaban J connectivity index is -0.000000163. The average Bonchev–Trinajstić information content (AvgIpc) is 1.74. The second kappa shape index (κ2) is 17.0. The van der Waals surface area contributed by atoms with Crippen molar-refractivity contribution in [3.05, 3.63) is 0 Å². The van der Waals surface area contributed by atoms with Gasteiger partial charge in [0, 0.05) is 7.05 Å². The minimum atomic E-state index is -5.93. The average molecular weight is 439 g/mol. The van der Waals surface area contributed by atoms with E-state index < -0.39 is 23.5 Å². The zero-order chi connectivity index (χ0) is 12.3. The van der Waals surface area contributed by atoms with Gasteiger partial charge in [0.1, 0.15) is 0 Å². The van der Waals surface area contributed by atoms with Gasteiger partial charge in [-0.25, -0.2) is 8.94 Å². The predicted octanol–water partition coefficient (Wildman–Crippen LogP) is -15.0. The van der Waals surface area contributed by atoms with Gasteiger partial charge in [-0.15, -0.1) is 0 Å². The van der Waals surface area contributed by atoms with Crippen LogP contribution < -0.4 is 231 Å². The largest absolute Gasteiger partial charge is 1.00 e. The Morgan fingerprint density at radius 2 is 1.16 bits per heavy atom. The van der Waals surface area contributed by atoms with Crippen molar-refractivity contribution in [2.24, 2.45) is 0 Å². The van der Waals surface area contributed by atoms with Crippen molar-refractivity contribution in [2.75, 3.05) is 7.05 Å². The summed E-state index contributed by atoms with van der Waals surface area (Å²) in [6, 6.07) is 0.